The van der Waals surface area contributed by atoms with Gasteiger partial charge in [0.1, 0.15) is 0 Å². The zero-order chi connectivity index (χ0) is 30.5. The Morgan fingerprint density at radius 3 is 1.52 bits per heavy atom. The van der Waals surface area contributed by atoms with Crippen molar-refractivity contribution in [3.63, 3.8) is 0 Å². The van der Waals surface area contributed by atoms with Crippen molar-refractivity contribution in [1.82, 2.24) is 9.97 Å². The summed E-state index contributed by atoms with van der Waals surface area (Å²) < 4.78 is 0. The van der Waals surface area contributed by atoms with Gasteiger partial charge in [-0.3, -0.25) is 0 Å². The fourth-order valence-electron chi connectivity index (χ4n) is 6.76. The van der Waals surface area contributed by atoms with E-state index in [4.69, 9.17) is 9.97 Å². The highest BCUT2D eigenvalue weighted by Crippen LogP contribution is 2.48. The molecular weight excluding hydrogens is 556 g/mol. The Bertz CT molecular complexity index is 2330. The van der Waals surface area contributed by atoms with Gasteiger partial charge in [-0.2, -0.15) is 0 Å². The van der Waals surface area contributed by atoms with Crippen molar-refractivity contribution in [1.29, 1.82) is 0 Å². The largest absolute Gasteiger partial charge is 0.228 e. The number of nitrogens with zero attached hydrogens (tertiary/aromatic N) is 2. The summed E-state index contributed by atoms with van der Waals surface area (Å²) >= 11 is 0. The molecule has 0 atom stereocenters. The van der Waals surface area contributed by atoms with Gasteiger partial charge >= 0.3 is 0 Å². The lowest BCUT2D eigenvalue weighted by atomic mass is 9.94. The number of fused-ring (bicyclic) bond motifs is 3. The number of hydrogen-bond donors (Lipinski definition) is 0. The van der Waals surface area contributed by atoms with Gasteiger partial charge in [-0.1, -0.05) is 146 Å². The van der Waals surface area contributed by atoms with Crippen LogP contribution in [0.3, 0.4) is 0 Å². The zero-order valence-electron chi connectivity index (χ0n) is 25.1. The highest BCUT2D eigenvalue weighted by molar-refractivity contribution is 6.16. The topological polar surface area (TPSA) is 25.8 Å². The van der Waals surface area contributed by atoms with E-state index in [0.717, 1.165) is 33.9 Å². The molecule has 46 heavy (non-hydrogen) atoms. The summed E-state index contributed by atoms with van der Waals surface area (Å²) in [4.78, 5) is 9.94. The van der Waals surface area contributed by atoms with Crippen LogP contribution >= 0.6 is 0 Å². The van der Waals surface area contributed by atoms with Crippen molar-refractivity contribution in [2.24, 2.45) is 0 Å². The van der Waals surface area contributed by atoms with Gasteiger partial charge in [0, 0.05) is 16.7 Å². The third kappa shape index (κ3) is 4.51. The molecule has 2 nitrogen and oxygen atoms in total. The van der Waals surface area contributed by atoms with Gasteiger partial charge in [0.2, 0.25) is 0 Å². The van der Waals surface area contributed by atoms with E-state index < -0.39 is 0 Å². The van der Waals surface area contributed by atoms with Gasteiger partial charge in [0.05, 0.1) is 11.4 Å². The Kier molecular flexibility index (Phi) is 6.17. The Balaban J connectivity index is 1.09. The van der Waals surface area contributed by atoms with Gasteiger partial charge in [-0.05, 0) is 79.5 Å². The van der Waals surface area contributed by atoms with Gasteiger partial charge in [-0.25, -0.2) is 9.97 Å². The maximum Gasteiger partial charge on any atom is 0.160 e. The second-order valence-electron chi connectivity index (χ2n) is 11.8. The van der Waals surface area contributed by atoms with Crippen LogP contribution in [0.4, 0.5) is 0 Å². The van der Waals surface area contributed by atoms with E-state index in [9.17, 15) is 0 Å². The summed E-state index contributed by atoms with van der Waals surface area (Å²) in [5.74, 6) is 0.724. The molecule has 0 saturated heterocycles. The molecule has 0 unspecified atom stereocenters. The van der Waals surface area contributed by atoms with Gasteiger partial charge < -0.3 is 0 Å². The van der Waals surface area contributed by atoms with Crippen LogP contribution in [-0.2, 0) is 0 Å². The summed E-state index contributed by atoms with van der Waals surface area (Å²) in [6, 6.07) is 60.3. The van der Waals surface area contributed by atoms with Gasteiger partial charge in [0.25, 0.3) is 0 Å². The smallest absolute Gasteiger partial charge is 0.160 e. The van der Waals surface area contributed by atoms with Crippen LogP contribution in [0.15, 0.2) is 170 Å². The van der Waals surface area contributed by atoms with E-state index in [1.54, 1.807) is 0 Å². The molecule has 1 heterocycles. The van der Waals surface area contributed by atoms with Crippen molar-refractivity contribution in [2.45, 2.75) is 0 Å². The number of rotatable bonds is 5. The summed E-state index contributed by atoms with van der Waals surface area (Å²) in [5.41, 5.74) is 15.1. The first-order valence-electron chi connectivity index (χ1n) is 15.7. The average Bonchev–Trinajstić information content (AvgIpc) is 3.47. The van der Waals surface area contributed by atoms with Crippen LogP contribution in [0.25, 0.3) is 89.2 Å². The molecule has 0 bridgehead atoms. The maximum absolute atomic E-state index is 5.01. The molecule has 0 saturated carbocycles. The van der Waals surface area contributed by atoms with Crippen LogP contribution < -0.4 is 0 Å². The molecule has 0 N–H and O–H groups in total. The summed E-state index contributed by atoms with van der Waals surface area (Å²) in [6.45, 7) is 0. The minimum Gasteiger partial charge on any atom is -0.228 e. The first kappa shape index (κ1) is 26.3. The lowest BCUT2D eigenvalue weighted by Crippen LogP contribution is -1.95. The van der Waals surface area contributed by atoms with E-state index in [2.05, 4.69) is 133 Å². The van der Waals surface area contributed by atoms with Crippen molar-refractivity contribution in [2.75, 3.05) is 0 Å². The van der Waals surface area contributed by atoms with Crippen molar-refractivity contribution < 1.29 is 0 Å². The highest BCUT2D eigenvalue weighted by Gasteiger charge is 2.21. The second-order valence-corrected chi connectivity index (χ2v) is 11.8. The molecule has 0 aliphatic heterocycles. The van der Waals surface area contributed by atoms with E-state index in [-0.39, 0.29) is 0 Å². The molecule has 214 valence electrons. The first-order valence-corrected chi connectivity index (χ1v) is 15.7. The molecule has 0 radical (unpaired) electrons. The third-order valence-corrected chi connectivity index (χ3v) is 9.02. The van der Waals surface area contributed by atoms with Crippen LogP contribution in [0.2, 0.25) is 0 Å². The van der Waals surface area contributed by atoms with Crippen molar-refractivity contribution in [3.8, 4) is 78.4 Å². The van der Waals surface area contributed by atoms with Crippen molar-refractivity contribution >= 4 is 10.8 Å². The second kappa shape index (κ2) is 10.8. The van der Waals surface area contributed by atoms with Gasteiger partial charge in [0.15, 0.2) is 5.82 Å². The summed E-state index contributed by atoms with van der Waals surface area (Å²) in [5, 5.41) is 2.64. The van der Waals surface area contributed by atoms with E-state index in [1.807, 2.05) is 36.4 Å². The minimum absolute atomic E-state index is 0.724. The first-order chi connectivity index (χ1) is 22.8. The van der Waals surface area contributed by atoms with E-state index in [1.165, 1.54) is 55.3 Å². The standard InChI is InChI=1S/C44H28N2/c1-3-11-30(12-4-1)41-28-42(46-44(45-41)32-13-5-2-6-14-32)31-23-21-29(22-24-31)33-15-9-16-34(25-33)36-26-35-17-10-20-39-37-18-7-8-19-38(37)40(27-36)43(35)39/h1-28H. The highest BCUT2D eigenvalue weighted by atomic mass is 14.9. The lowest BCUT2D eigenvalue weighted by Gasteiger charge is -2.11. The Labute approximate surface area is 268 Å². The van der Waals surface area contributed by atoms with Gasteiger partial charge in [-0.15, -0.1) is 0 Å². The predicted octanol–water partition coefficient (Wildman–Crippen LogP) is 11.6. The SMILES string of the molecule is c1ccc(-c2cc(-c3ccc(-c4cccc(-c5cc6c7c(cccc7c5)-c5ccccc5-6)c4)cc3)nc(-c3ccccc3)n2)cc1. The predicted molar refractivity (Wildman–Crippen MR) is 191 cm³/mol. The Hall–Kier alpha value is -6.12. The monoisotopic (exact) mass is 584 g/mol. The quantitative estimate of drug-likeness (QED) is 0.201. The van der Waals surface area contributed by atoms with Crippen molar-refractivity contribution in [3.05, 3.63) is 170 Å². The number of benzene rings is 7. The fraction of sp³-hybridized carbons (Fsp3) is 0. The van der Waals surface area contributed by atoms with E-state index >= 15 is 0 Å². The van der Waals surface area contributed by atoms with E-state index in [0.29, 0.717) is 0 Å². The molecule has 0 fully saturated rings. The molecule has 8 aromatic rings. The molecule has 1 aliphatic rings. The number of aromatic nitrogens is 2. The van der Waals surface area contributed by atoms with Crippen LogP contribution in [0, 0.1) is 0 Å². The minimum atomic E-state index is 0.724. The normalized spacial score (nSPS) is 11.5. The summed E-state index contributed by atoms with van der Waals surface area (Å²) in [7, 11) is 0. The molecule has 1 aliphatic carbocycles. The maximum atomic E-state index is 5.01. The fourth-order valence-corrected chi connectivity index (χ4v) is 6.76. The van der Waals surface area contributed by atoms with Crippen LogP contribution in [0.5, 0.6) is 0 Å². The molecule has 0 spiro atoms. The zero-order valence-corrected chi connectivity index (χ0v) is 25.1. The molecule has 1 aromatic heterocycles. The Morgan fingerprint density at radius 1 is 0.283 bits per heavy atom. The molecule has 9 rings (SSSR count). The van der Waals surface area contributed by atoms with Crippen LogP contribution in [0.1, 0.15) is 0 Å². The lowest BCUT2D eigenvalue weighted by molar-refractivity contribution is 1.18. The number of hydrogen-bond acceptors (Lipinski definition) is 2. The van der Waals surface area contributed by atoms with Crippen LogP contribution in [-0.4, -0.2) is 9.97 Å². The molecule has 0 amide bonds. The summed E-state index contributed by atoms with van der Waals surface area (Å²) in [6.07, 6.45) is 0. The average molecular weight is 585 g/mol. The molecule has 2 heteroatoms. The molecular formula is C44H28N2. The molecule has 7 aromatic carbocycles. The third-order valence-electron chi connectivity index (χ3n) is 9.02. The Morgan fingerprint density at radius 2 is 0.804 bits per heavy atom.